The van der Waals surface area contributed by atoms with Crippen LogP contribution in [0.5, 0.6) is 5.75 Å². The molecule has 1 aromatic carbocycles. The average Bonchev–Trinajstić information content (AvgIpc) is 2.91. The molecule has 0 aliphatic rings. The molecule has 0 fully saturated rings. The number of rotatable bonds is 5. The summed E-state index contributed by atoms with van der Waals surface area (Å²) in [6.07, 6.45) is -3.31. The molecule has 148 valence electrons. The Morgan fingerprint density at radius 2 is 1.96 bits per heavy atom. The Morgan fingerprint density at radius 3 is 2.57 bits per heavy atom. The van der Waals surface area contributed by atoms with Crippen molar-refractivity contribution in [3.63, 3.8) is 0 Å². The maximum absolute atomic E-state index is 12.2. The van der Waals surface area contributed by atoms with Gasteiger partial charge in [0, 0.05) is 6.20 Å². The third-order valence-corrected chi connectivity index (χ3v) is 4.56. The molecule has 3 rings (SSSR count). The van der Waals surface area contributed by atoms with E-state index in [4.69, 9.17) is 0 Å². The number of amides is 1. The van der Waals surface area contributed by atoms with Crippen LogP contribution in [-0.2, 0) is 11.3 Å². The molecule has 0 radical (unpaired) electrons. The minimum atomic E-state index is -4.77. The van der Waals surface area contributed by atoms with Crippen LogP contribution < -0.4 is 15.7 Å². The van der Waals surface area contributed by atoms with Gasteiger partial charge in [-0.1, -0.05) is 12.1 Å². The van der Waals surface area contributed by atoms with E-state index in [9.17, 15) is 22.8 Å². The van der Waals surface area contributed by atoms with Crippen LogP contribution in [-0.4, -0.2) is 31.7 Å². The highest BCUT2D eigenvalue weighted by Crippen LogP contribution is 2.24. The van der Waals surface area contributed by atoms with Gasteiger partial charge in [0.25, 0.3) is 0 Å². The molecule has 3 aromatic rings. The molecule has 0 aliphatic carbocycles. The van der Waals surface area contributed by atoms with E-state index in [1.54, 1.807) is 13.0 Å². The normalized spacial score (nSPS) is 12.8. The fourth-order valence-corrected chi connectivity index (χ4v) is 2.96. The quantitative estimate of drug-likeness (QED) is 0.536. The van der Waals surface area contributed by atoms with Crippen molar-refractivity contribution >= 4 is 34.1 Å². The van der Waals surface area contributed by atoms with Crippen molar-refractivity contribution in [3.8, 4) is 5.75 Å². The maximum Gasteiger partial charge on any atom is 0.573 e. The molecule has 0 saturated heterocycles. The van der Waals surface area contributed by atoms with Gasteiger partial charge in [-0.05, 0) is 53.3 Å². The third kappa shape index (κ3) is 4.61. The van der Waals surface area contributed by atoms with Crippen molar-refractivity contribution in [2.45, 2.75) is 25.9 Å². The lowest BCUT2D eigenvalue weighted by Crippen LogP contribution is -2.34. The van der Waals surface area contributed by atoms with Gasteiger partial charge in [-0.25, -0.2) is 9.48 Å². The van der Waals surface area contributed by atoms with Gasteiger partial charge in [0.15, 0.2) is 5.65 Å². The molecule has 1 N–H and O–H groups in total. The van der Waals surface area contributed by atoms with Crippen LogP contribution in [0.15, 0.2) is 41.3 Å². The van der Waals surface area contributed by atoms with Crippen LogP contribution in [0.3, 0.4) is 0 Å². The molecule has 1 amide bonds. The van der Waals surface area contributed by atoms with Crippen LogP contribution in [0.4, 0.5) is 13.2 Å². The minimum absolute atomic E-state index is 0.322. The van der Waals surface area contributed by atoms with Crippen molar-refractivity contribution in [2.24, 2.45) is 0 Å². The number of nitrogens with zero attached hydrogens (tertiary/aromatic N) is 4. The molecule has 0 unspecified atom stereocenters. The van der Waals surface area contributed by atoms with Crippen LogP contribution >= 0.6 is 22.6 Å². The molecule has 2 aromatic heterocycles. The largest absolute Gasteiger partial charge is 0.573 e. The lowest BCUT2D eigenvalue weighted by Gasteiger charge is -2.15. The number of halogens is 4. The lowest BCUT2D eigenvalue weighted by molar-refractivity contribution is -0.274. The smallest absolute Gasteiger partial charge is 0.406 e. The number of carbonyl (C=O) groups excluding carboxylic acids is 1. The molecule has 0 bridgehead atoms. The summed E-state index contributed by atoms with van der Waals surface area (Å²) < 4.78 is 43.2. The van der Waals surface area contributed by atoms with E-state index in [1.165, 1.54) is 18.3 Å². The number of carbonyl (C=O) groups is 1. The van der Waals surface area contributed by atoms with Crippen LogP contribution in [0, 0.1) is 3.57 Å². The van der Waals surface area contributed by atoms with Crippen molar-refractivity contribution < 1.29 is 22.7 Å². The van der Waals surface area contributed by atoms with E-state index in [1.807, 2.05) is 22.6 Å². The zero-order valence-electron chi connectivity index (χ0n) is 14.3. The summed E-state index contributed by atoms with van der Waals surface area (Å²) >= 11 is 2.00. The predicted octanol–water partition coefficient (Wildman–Crippen LogP) is 2.27. The van der Waals surface area contributed by atoms with Gasteiger partial charge in [0.1, 0.15) is 12.3 Å². The number of aromatic nitrogens is 4. The molecule has 12 heteroatoms. The predicted molar refractivity (Wildman–Crippen MR) is 99.6 cm³/mol. The molecule has 0 aliphatic heterocycles. The summed E-state index contributed by atoms with van der Waals surface area (Å²) in [6, 6.07) is 6.32. The molecule has 0 saturated carbocycles. The summed E-state index contributed by atoms with van der Waals surface area (Å²) in [5, 5.41) is 10.7. The molecule has 0 spiro atoms. The highest BCUT2D eigenvalue weighted by atomic mass is 127. The summed E-state index contributed by atoms with van der Waals surface area (Å²) in [6.45, 7) is 1.34. The lowest BCUT2D eigenvalue weighted by atomic mass is 10.1. The second kappa shape index (κ2) is 7.77. The number of nitrogens with one attached hydrogen (secondary N) is 1. The van der Waals surface area contributed by atoms with Crippen LogP contribution in [0.2, 0.25) is 0 Å². The zero-order valence-corrected chi connectivity index (χ0v) is 16.4. The fourth-order valence-electron chi connectivity index (χ4n) is 2.46. The molecular formula is C16H13F3IN5O3. The van der Waals surface area contributed by atoms with Crippen LogP contribution in [0.1, 0.15) is 18.5 Å². The Hall–Kier alpha value is -2.64. The second-order valence-corrected chi connectivity index (χ2v) is 6.92. The Morgan fingerprint density at radius 1 is 1.29 bits per heavy atom. The average molecular weight is 507 g/mol. The van der Waals surface area contributed by atoms with E-state index >= 15 is 0 Å². The number of fused-ring (bicyclic) bond motifs is 1. The van der Waals surface area contributed by atoms with Crippen molar-refractivity contribution in [3.05, 3.63) is 56.1 Å². The number of ether oxygens (including phenoxy) is 1. The van der Waals surface area contributed by atoms with Gasteiger partial charge in [-0.2, -0.15) is 9.61 Å². The first kappa shape index (κ1) is 20.1. The molecule has 28 heavy (non-hydrogen) atoms. The Labute approximate surface area is 169 Å². The summed E-state index contributed by atoms with van der Waals surface area (Å²) in [5.74, 6) is -0.836. The van der Waals surface area contributed by atoms with Crippen LogP contribution in [0.25, 0.3) is 5.65 Å². The molecule has 1 atom stereocenters. The first-order valence-electron chi connectivity index (χ1n) is 7.89. The molecule has 2 heterocycles. The van der Waals surface area contributed by atoms with Crippen molar-refractivity contribution in [1.29, 1.82) is 0 Å². The van der Waals surface area contributed by atoms with Crippen molar-refractivity contribution in [2.75, 3.05) is 0 Å². The maximum atomic E-state index is 12.2. The Balaban J connectivity index is 1.67. The topological polar surface area (TPSA) is 90.5 Å². The van der Waals surface area contributed by atoms with Crippen molar-refractivity contribution in [1.82, 2.24) is 24.7 Å². The highest BCUT2D eigenvalue weighted by Gasteiger charge is 2.31. The monoisotopic (exact) mass is 507 g/mol. The third-order valence-electron chi connectivity index (χ3n) is 3.72. The fraction of sp³-hybridized carbons (Fsp3) is 0.250. The first-order chi connectivity index (χ1) is 13.1. The number of hydrogen-bond donors (Lipinski definition) is 1. The van der Waals surface area contributed by atoms with E-state index in [-0.39, 0.29) is 12.3 Å². The van der Waals surface area contributed by atoms with E-state index in [2.05, 4.69) is 20.3 Å². The summed E-state index contributed by atoms with van der Waals surface area (Å²) in [7, 11) is 0. The van der Waals surface area contributed by atoms with Gasteiger partial charge < -0.3 is 10.1 Å². The number of hydrogen-bond acceptors (Lipinski definition) is 5. The standard InChI is InChI=1S/C16H13F3IN5O3/c1-9(10-2-4-11(5-3-10)28-16(17,18)19)22-13(26)8-24-15(27)25-14(23-24)12(20)6-7-21-25/h2-7,9H,8H2,1H3,(H,22,26)/t9-/m0/s1. The van der Waals surface area contributed by atoms with Gasteiger partial charge in [0.05, 0.1) is 9.61 Å². The summed E-state index contributed by atoms with van der Waals surface area (Å²) in [5.41, 5.74) is 0.362. The molecular weight excluding hydrogens is 494 g/mol. The minimum Gasteiger partial charge on any atom is -0.406 e. The molecule has 8 nitrogen and oxygen atoms in total. The first-order valence-corrected chi connectivity index (χ1v) is 8.97. The van der Waals surface area contributed by atoms with Gasteiger partial charge in [-0.15, -0.1) is 18.3 Å². The summed E-state index contributed by atoms with van der Waals surface area (Å²) in [4.78, 5) is 24.5. The van der Waals surface area contributed by atoms with E-state index < -0.39 is 24.0 Å². The Bertz CT molecular complexity index is 1060. The van der Waals surface area contributed by atoms with Gasteiger partial charge >= 0.3 is 12.1 Å². The highest BCUT2D eigenvalue weighted by molar-refractivity contribution is 14.1. The SMILES string of the molecule is C[C@H](NC(=O)Cn1nc2c(I)ccnn2c1=O)c1ccc(OC(F)(F)F)cc1. The number of benzene rings is 1. The Kier molecular flexibility index (Phi) is 5.58. The van der Waals surface area contributed by atoms with E-state index in [0.717, 1.165) is 21.3 Å². The second-order valence-electron chi connectivity index (χ2n) is 5.76. The van der Waals surface area contributed by atoms with Gasteiger partial charge in [0.2, 0.25) is 5.91 Å². The van der Waals surface area contributed by atoms with E-state index in [0.29, 0.717) is 14.8 Å². The zero-order chi connectivity index (χ0) is 20.5. The number of alkyl halides is 3. The van der Waals surface area contributed by atoms with Gasteiger partial charge in [-0.3, -0.25) is 4.79 Å².